The minimum absolute atomic E-state index is 0.0436. The quantitative estimate of drug-likeness (QED) is 0.878. The first-order chi connectivity index (χ1) is 10.1. The molecule has 1 aromatic rings. The van der Waals surface area contributed by atoms with Gasteiger partial charge in [-0.2, -0.15) is 0 Å². The van der Waals surface area contributed by atoms with Crippen LogP contribution in [0.5, 0.6) is 0 Å². The number of fused-ring (bicyclic) bond motifs is 1. The predicted octanol–water partition coefficient (Wildman–Crippen LogP) is 0.892. The van der Waals surface area contributed by atoms with E-state index < -0.39 is 12.0 Å². The number of nitrogens with two attached hydrogens (primary N) is 1. The number of carbonyl (C=O) groups excluding carboxylic acids is 2. The third-order valence-electron chi connectivity index (χ3n) is 4.27. The van der Waals surface area contributed by atoms with E-state index in [0.717, 1.165) is 12.8 Å². The SMILES string of the molecule is NC(=O)[C@@H]1CN(C(=O)c2ccc3c(c2)CCCC3)CCO1. The molecular formula is C16H20N2O3. The van der Waals surface area contributed by atoms with Crippen LogP contribution in [0.3, 0.4) is 0 Å². The molecule has 0 aromatic heterocycles. The molecule has 5 heteroatoms. The Balaban J connectivity index is 1.77. The van der Waals surface area contributed by atoms with Crippen molar-refractivity contribution >= 4 is 11.8 Å². The van der Waals surface area contributed by atoms with Crippen molar-refractivity contribution < 1.29 is 14.3 Å². The number of amides is 2. The van der Waals surface area contributed by atoms with Crippen molar-refractivity contribution in [2.45, 2.75) is 31.8 Å². The lowest BCUT2D eigenvalue weighted by atomic mass is 9.90. The highest BCUT2D eigenvalue weighted by Gasteiger charge is 2.28. The van der Waals surface area contributed by atoms with Gasteiger partial charge in [-0.15, -0.1) is 0 Å². The summed E-state index contributed by atoms with van der Waals surface area (Å²) in [5.74, 6) is -0.559. The lowest BCUT2D eigenvalue weighted by molar-refractivity contribution is -0.133. The Hall–Kier alpha value is -1.88. The molecule has 2 amide bonds. The van der Waals surface area contributed by atoms with Crippen LogP contribution in [-0.4, -0.2) is 42.5 Å². The van der Waals surface area contributed by atoms with Crippen molar-refractivity contribution in [2.75, 3.05) is 19.7 Å². The number of carbonyl (C=O) groups is 2. The van der Waals surface area contributed by atoms with Crippen molar-refractivity contribution in [1.29, 1.82) is 0 Å². The van der Waals surface area contributed by atoms with E-state index in [-0.39, 0.29) is 12.5 Å². The second kappa shape index (κ2) is 5.85. The summed E-state index contributed by atoms with van der Waals surface area (Å²) in [4.78, 5) is 25.4. The monoisotopic (exact) mass is 288 g/mol. The summed E-state index contributed by atoms with van der Waals surface area (Å²) in [6.07, 6.45) is 3.87. The maximum atomic E-state index is 12.6. The first kappa shape index (κ1) is 14.1. The molecule has 1 aliphatic carbocycles. The Bertz CT molecular complexity index is 571. The second-order valence-electron chi connectivity index (χ2n) is 5.70. The molecule has 1 fully saturated rings. The van der Waals surface area contributed by atoms with E-state index in [1.165, 1.54) is 24.0 Å². The van der Waals surface area contributed by atoms with Crippen LogP contribution in [0.15, 0.2) is 18.2 Å². The third-order valence-corrected chi connectivity index (χ3v) is 4.27. The van der Waals surface area contributed by atoms with E-state index in [2.05, 4.69) is 6.07 Å². The average Bonchev–Trinajstić information content (AvgIpc) is 2.53. The molecule has 0 radical (unpaired) electrons. The maximum Gasteiger partial charge on any atom is 0.254 e. The van der Waals surface area contributed by atoms with E-state index in [0.29, 0.717) is 18.7 Å². The number of morpholine rings is 1. The van der Waals surface area contributed by atoms with Gasteiger partial charge in [0.25, 0.3) is 5.91 Å². The van der Waals surface area contributed by atoms with Gasteiger partial charge in [0.05, 0.1) is 13.2 Å². The standard InChI is InChI=1S/C16H20N2O3/c17-15(19)14-10-18(7-8-21-14)16(20)13-6-5-11-3-1-2-4-12(11)9-13/h5-6,9,14H,1-4,7-8,10H2,(H2,17,19)/t14-/m0/s1. The van der Waals surface area contributed by atoms with Crippen molar-refractivity contribution in [1.82, 2.24) is 4.90 Å². The van der Waals surface area contributed by atoms with Crippen molar-refractivity contribution in [3.05, 3.63) is 34.9 Å². The number of benzene rings is 1. The van der Waals surface area contributed by atoms with E-state index in [1.807, 2.05) is 12.1 Å². The molecule has 0 spiro atoms. The normalized spacial score (nSPS) is 21.7. The summed E-state index contributed by atoms with van der Waals surface area (Å²) in [5.41, 5.74) is 8.59. The summed E-state index contributed by atoms with van der Waals surface area (Å²) in [7, 11) is 0. The van der Waals surface area contributed by atoms with Gasteiger partial charge in [0.15, 0.2) is 6.10 Å². The molecule has 2 aliphatic rings. The number of nitrogens with zero attached hydrogens (tertiary/aromatic N) is 1. The Morgan fingerprint density at radius 1 is 1.19 bits per heavy atom. The number of aryl methyl sites for hydroxylation is 2. The molecule has 1 aliphatic heterocycles. The molecule has 5 nitrogen and oxygen atoms in total. The average molecular weight is 288 g/mol. The van der Waals surface area contributed by atoms with Gasteiger partial charge in [-0.25, -0.2) is 0 Å². The van der Waals surface area contributed by atoms with Crippen LogP contribution < -0.4 is 5.73 Å². The van der Waals surface area contributed by atoms with Crippen LogP contribution in [0.4, 0.5) is 0 Å². The van der Waals surface area contributed by atoms with E-state index >= 15 is 0 Å². The van der Waals surface area contributed by atoms with Gasteiger partial charge in [0.2, 0.25) is 5.91 Å². The predicted molar refractivity (Wildman–Crippen MR) is 77.9 cm³/mol. The second-order valence-corrected chi connectivity index (χ2v) is 5.70. The molecule has 0 bridgehead atoms. The van der Waals surface area contributed by atoms with Gasteiger partial charge in [0, 0.05) is 12.1 Å². The Morgan fingerprint density at radius 2 is 1.95 bits per heavy atom. The molecule has 21 heavy (non-hydrogen) atoms. The minimum atomic E-state index is -0.694. The zero-order valence-electron chi connectivity index (χ0n) is 12.0. The molecular weight excluding hydrogens is 268 g/mol. The smallest absolute Gasteiger partial charge is 0.254 e. The van der Waals surface area contributed by atoms with E-state index in [9.17, 15) is 9.59 Å². The van der Waals surface area contributed by atoms with Gasteiger partial charge in [0.1, 0.15) is 0 Å². The molecule has 112 valence electrons. The van der Waals surface area contributed by atoms with Crippen LogP contribution in [0.1, 0.15) is 34.3 Å². The number of primary amides is 1. The Labute approximate surface area is 124 Å². The van der Waals surface area contributed by atoms with Gasteiger partial charge in [-0.1, -0.05) is 6.07 Å². The van der Waals surface area contributed by atoms with Crippen molar-refractivity contribution in [3.8, 4) is 0 Å². The summed E-state index contributed by atoms with van der Waals surface area (Å²) in [5, 5.41) is 0. The zero-order valence-corrected chi connectivity index (χ0v) is 12.0. The number of hydrogen-bond acceptors (Lipinski definition) is 3. The Morgan fingerprint density at radius 3 is 2.71 bits per heavy atom. The largest absolute Gasteiger partial charge is 0.367 e. The minimum Gasteiger partial charge on any atom is -0.367 e. The van der Waals surface area contributed by atoms with E-state index in [4.69, 9.17) is 10.5 Å². The number of rotatable bonds is 2. The highest BCUT2D eigenvalue weighted by molar-refractivity contribution is 5.95. The molecule has 0 unspecified atom stereocenters. The highest BCUT2D eigenvalue weighted by Crippen LogP contribution is 2.23. The highest BCUT2D eigenvalue weighted by atomic mass is 16.5. The fourth-order valence-corrected chi connectivity index (χ4v) is 3.05. The van der Waals surface area contributed by atoms with Crippen LogP contribution in [0.25, 0.3) is 0 Å². The van der Waals surface area contributed by atoms with Crippen LogP contribution in [0, 0.1) is 0 Å². The molecule has 3 rings (SSSR count). The van der Waals surface area contributed by atoms with Gasteiger partial charge in [-0.3, -0.25) is 9.59 Å². The fourth-order valence-electron chi connectivity index (χ4n) is 3.05. The van der Waals surface area contributed by atoms with Crippen LogP contribution in [-0.2, 0) is 22.4 Å². The molecule has 1 aromatic carbocycles. The molecule has 1 atom stereocenters. The third kappa shape index (κ3) is 2.93. The maximum absolute atomic E-state index is 12.6. The van der Waals surface area contributed by atoms with Gasteiger partial charge >= 0.3 is 0 Å². The lowest BCUT2D eigenvalue weighted by Gasteiger charge is -2.31. The van der Waals surface area contributed by atoms with Gasteiger partial charge < -0.3 is 15.4 Å². The first-order valence-corrected chi connectivity index (χ1v) is 7.47. The van der Waals surface area contributed by atoms with Crippen molar-refractivity contribution in [2.24, 2.45) is 5.73 Å². The molecule has 0 saturated carbocycles. The van der Waals surface area contributed by atoms with Gasteiger partial charge in [-0.05, 0) is 48.9 Å². The first-order valence-electron chi connectivity index (χ1n) is 7.47. The number of hydrogen-bond donors (Lipinski definition) is 1. The lowest BCUT2D eigenvalue weighted by Crippen LogP contribution is -2.50. The summed E-state index contributed by atoms with van der Waals surface area (Å²) in [6.45, 7) is 1.09. The molecule has 2 N–H and O–H groups in total. The Kier molecular flexibility index (Phi) is 3.92. The molecule has 1 saturated heterocycles. The summed E-state index contributed by atoms with van der Waals surface area (Å²) < 4.78 is 5.28. The van der Waals surface area contributed by atoms with Crippen LogP contribution >= 0.6 is 0 Å². The zero-order chi connectivity index (χ0) is 14.8. The van der Waals surface area contributed by atoms with E-state index in [1.54, 1.807) is 4.90 Å². The number of ether oxygens (including phenoxy) is 1. The van der Waals surface area contributed by atoms with Crippen LogP contribution in [0.2, 0.25) is 0 Å². The fraction of sp³-hybridized carbons (Fsp3) is 0.500. The summed E-state index contributed by atoms with van der Waals surface area (Å²) in [6, 6.07) is 5.96. The topological polar surface area (TPSA) is 72.6 Å². The molecule has 1 heterocycles. The summed E-state index contributed by atoms with van der Waals surface area (Å²) >= 11 is 0. The van der Waals surface area contributed by atoms with Crippen molar-refractivity contribution in [3.63, 3.8) is 0 Å².